The van der Waals surface area contributed by atoms with E-state index in [4.69, 9.17) is 10.8 Å². The van der Waals surface area contributed by atoms with E-state index in [0.29, 0.717) is 19.0 Å². The molecule has 2 heterocycles. The van der Waals surface area contributed by atoms with Gasteiger partial charge < -0.3 is 15.7 Å². The first-order valence-electron chi connectivity index (χ1n) is 11.8. The molecule has 4 N–H and O–H groups in total. The molecule has 0 saturated carbocycles. The molecule has 0 aliphatic heterocycles. The van der Waals surface area contributed by atoms with E-state index in [-0.39, 0.29) is 22.5 Å². The minimum absolute atomic E-state index is 0.154. The Bertz CT molecular complexity index is 1440. The van der Waals surface area contributed by atoms with Crippen molar-refractivity contribution in [2.45, 2.75) is 38.8 Å². The third-order valence-corrected chi connectivity index (χ3v) is 5.42. The van der Waals surface area contributed by atoms with Crippen LogP contribution in [0.2, 0.25) is 0 Å². The van der Waals surface area contributed by atoms with Crippen LogP contribution in [0.25, 0.3) is 17.2 Å². The lowest BCUT2D eigenvalue weighted by Gasteiger charge is -2.15. The number of carbonyl (C=O) groups is 1. The number of aromatic amines is 1. The summed E-state index contributed by atoms with van der Waals surface area (Å²) in [6.07, 6.45) is -2.00. The summed E-state index contributed by atoms with van der Waals surface area (Å²) in [6.45, 7) is 2.66. The van der Waals surface area contributed by atoms with Crippen molar-refractivity contribution in [2.75, 3.05) is 19.3 Å². The van der Waals surface area contributed by atoms with Gasteiger partial charge in [-0.3, -0.25) is 9.59 Å². The first-order valence-corrected chi connectivity index (χ1v) is 11.8. The van der Waals surface area contributed by atoms with E-state index in [9.17, 15) is 40.3 Å². The van der Waals surface area contributed by atoms with Gasteiger partial charge in [-0.1, -0.05) is 19.8 Å². The van der Waals surface area contributed by atoms with Gasteiger partial charge in [-0.2, -0.15) is 18.3 Å². The molecular formula is C25H25F7N6O3. The van der Waals surface area contributed by atoms with Crippen molar-refractivity contribution in [3.63, 3.8) is 0 Å². The third kappa shape index (κ3) is 8.74. The number of aldehydes is 1. The zero-order valence-corrected chi connectivity index (χ0v) is 21.6. The number of alkyl halides is 5. The highest BCUT2D eigenvalue weighted by Gasteiger charge is 2.37. The van der Waals surface area contributed by atoms with Crippen molar-refractivity contribution >= 4 is 17.9 Å². The molecular weight excluding hydrogens is 565 g/mol. The SMILES string of the molecule is CCCCCN(C)/C=C(/F)c1cc(-c2ncc(C(F)F)c(N)n2)c(F)cc1C=O.O=c1[nH]ncc(O)c1C(F)(F)F. The maximum Gasteiger partial charge on any atom is 0.425 e. The van der Waals surface area contributed by atoms with Crippen LogP contribution < -0.4 is 11.3 Å². The Morgan fingerprint density at radius 2 is 1.90 bits per heavy atom. The van der Waals surface area contributed by atoms with Crippen molar-refractivity contribution in [1.29, 1.82) is 0 Å². The number of nitrogens with zero attached hydrogens (tertiary/aromatic N) is 4. The van der Waals surface area contributed by atoms with Gasteiger partial charge in [0.15, 0.2) is 23.4 Å². The maximum atomic E-state index is 14.8. The molecule has 16 heteroatoms. The van der Waals surface area contributed by atoms with E-state index in [1.807, 2.05) is 0 Å². The van der Waals surface area contributed by atoms with Crippen LogP contribution in [-0.4, -0.2) is 50.1 Å². The fourth-order valence-corrected chi connectivity index (χ4v) is 3.37. The molecule has 0 saturated heterocycles. The van der Waals surface area contributed by atoms with E-state index in [0.717, 1.165) is 37.6 Å². The van der Waals surface area contributed by atoms with Crippen LogP contribution in [-0.2, 0) is 6.18 Å². The van der Waals surface area contributed by atoms with E-state index < -0.39 is 52.5 Å². The monoisotopic (exact) mass is 590 g/mol. The number of rotatable bonds is 9. The number of benzene rings is 1. The summed E-state index contributed by atoms with van der Waals surface area (Å²) in [5.41, 5.74) is 1.21. The summed E-state index contributed by atoms with van der Waals surface area (Å²) >= 11 is 0. The number of carbonyl (C=O) groups excluding carboxylic acids is 1. The summed E-state index contributed by atoms with van der Waals surface area (Å²) in [4.78, 5) is 30.8. The molecule has 41 heavy (non-hydrogen) atoms. The van der Waals surface area contributed by atoms with Gasteiger partial charge in [0.2, 0.25) is 0 Å². The molecule has 9 nitrogen and oxygen atoms in total. The summed E-state index contributed by atoms with van der Waals surface area (Å²) in [6, 6.07) is 1.92. The van der Waals surface area contributed by atoms with Crippen LogP contribution in [0.1, 0.15) is 59.7 Å². The van der Waals surface area contributed by atoms with Crippen LogP contribution in [0.5, 0.6) is 5.75 Å². The van der Waals surface area contributed by atoms with E-state index in [2.05, 4.69) is 22.0 Å². The average molecular weight is 591 g/mol. The number of halogens is 7. The molecule has 0 amide bonds. The Morgan fingerprint density at radius 1 is 1.22 bits per heavy atom. The summed E-state index contributed by atoms with van der Waals surface area (Å²) < 4.78 is 90.6. The predicted molar refractivity (Wildman–Crippen MR) is 135 cm³/mol. The van der Waals surface area contributed by atoms with Gasteiger partial charge in [-0.05, 0) is 18.6 Å². The quantitative estimate of drug-likeness (QED) is 0.169. The van der Waals surface area contributed by atoms with Crippen molar-refractivity contribution in [1.82, 2.24) is 25.1 Å². The number of aromatic nitrogens is 4. The molecule has 0 fully saturated rings. The molecule has 3 rings (SSSR count). The van der Waals surface area contributed by atoms with Gasteiger partial charge in [-0.15, -0.1) is 0 Å². The molecule has 0 radical (unpaired) electrons. The number of hydrogen-bond donors (Lipinski definition) is 3. The number of aromatic hydroxyl groups is 1. The minimum atomic E-state index is -4.86. The smallest absolute Gasteiger partial charge is 0.425 e. The summed E-state index contributed by atoms with van der Waals surface area (Å²) in [5.74, 6) is -3.61. The Hall–Kier alpha value is -4.50. The van der Waals surface area contributed by atoms with Crippen LogP contribution in [0, 0.1) is 5.82 Å². The Kier molecular flexibility index (Phi) is 11.3. The first kappa shape index (κ1) is 32.7. The predicted octanol–water partition coefficient (Wildman–Crippen LogP) is 5.50. The zero-order valence-electron chi connectivity index (χ0n) is 21.6. The first-order chi connectivity index (χ1) is 19.2. The number of nitrogens with one attached hydrogen (secondary N) is 1. The number of H-pyrrole nitrogens is 1. The van der Waals surface area contributed by atoms with Crippen molar-refractivity contribution in [3.05, 3.63) is 69.2 Å². The fourth-order valence-electron chi connectivity index (χ4n) is 3.37. The molecule has 0 aliphatic rings. The number of nitrogens with two attached hydrogens (primary N) is 1. The standard InChI is InChI=1S/C20H22F4N4O.C5H3F3N2O2/c1-3-4-5-6-28(2)10-17(22)13-8-14(16(21)7-12(13)11-29)20-26-9-15(18(23)24)19(25)27-20;6-5(7,8)3-2(11)1-9-10-4(3)12/h7-11,18H,3-6H2,1-2H3,(H2,25,26,27);1H,(H2,10,11,12)/b17-10+;. The van der Waals surface area contributed by atoms with Crippen molar-refractivity contribution < 1.29 is 40.6 Å². The number of nitrogen functional groups attached to an aromatic ring is 1. The van der Waals surface area contributed by atoms with Gasteiger partial charge in [0.1, 0.15) is 17.5 Å². The van der Waals surface area contributed by atoms with E-state index in [1.54, 1.807) is 17.0 Å². The largest absolute Gasteiger partial charge is 0.505 e. The normalized spacial score (nSPS) is 11.7. The third-order valence-electron chi connectivity index (χ3n) is 5.42. The number of unbranched alkanes of at least 4 members (excludes halogenated alkanes) is 2. The molecule has 2 aromatic heterocycles. The lowest BCUT2D eigenvalue weighted by atomic mass is 10.0. The number of anilines is 1. The van der Waals surface area contributed by atoms with Crippen LogP contribution >= 0.6 is 0 Å². The highest BCUT2D eigenvalue weighted by molar-refractivity contribution is 5.86. The van der Waals surface area contributed by atoms with Gasteiger partial charge in [0.25, 0.3) is 12.0 Å². The van der Waals surface area contributed by atoms with Crippen LogP contribution in [0.3, 0.4) is 0 Å². The van der Waals surface area contributed by atoms with Gasteiger partial charge >= 0.3 is 6.18 Å². The van der Waals surface area contributed by atoms with E-state index >= 15 is 0 Å². The zero-order chi connectivity index (χ0) is 30.9. The van der Waals surface area contributed by atoms with Crippen molar-refractivity contribution in [3.8, 4) is 17.1 Å². The second-order valence-electron chi connectivity index (χ2n) is 8.49. The molecule has 1 aromatic carbocycles. The van der Waals surface area contributed by atoms with E-state index in [1.165, 1.54) is 6.20 Å². The Morgan fingerprint density at radius 3 is 2.41 bits per heavy atom. The van der Waals surface area contributed by atoms with Gasteiger partial charge in [-0.25, -0.2) is 32.6 Å². The molecule has 0 spiro atoms. The molecule has 222 valence electrons. The highest BCUT2D eigenvalue weighted by Crippen LogP contribution is 2.32. The topological polar surface area (TPSA) is 138 Å². The lowest BCUT2D eigenvalue weighted by Crippen LogP contribution is -2.22. The Labute approximate surface area is 228 Å². The summed E-state index contributed by atoms with van der Waals surface area (Å²) in [7, 11) is 1.69. The fraction of sp³-hybridized carbons (Fsp3) is 0.320. The number of hydrogen-bond acceptors (Lipinski definition) is 8. The van der Waals surface area contributed by atoms with Crippen LogP contribution in [0.4, 0.5) is 36.6 Å². The van der Waals surface area contributed by atoms with Gasteiger partial charge in [0.05, 0.1) is 17.3 Å². The molecule has 0 bridgehead atoms. The summed E-state index contributed by atoms with van der Waals surface area (Å²) in [5, 5.41) is 13.2. The van der Waals surface area contributed by atoms with Crippen molar-refractivity contribution in [2.24, 2.45) is 0 Å². The maximum absolute atomic E-state index is 14.8. The Balaban J connectivity index is 0.000000408. The molecule has 0 aliphatic carbocycles. The van der Waals surface area contributed by atoms with Crippen LogP contribution in [0.15, 0.2) is 35.5 Å². The van der Waals surface area contributed by atoms with Gasteiger partial charge in [0, 0.05) is 37.1 Å². The average Bonchev–Trinajstić information content (AvgIpc) is 2.87. The minimum Gasteiger partial charge on any atom is -0.505 e. The molecule has 0 unspecified atom stereocenters. The lowest BCUT2D eigenvalue weighted by molar-refractivity contribution is -0.140. The second kappa shape index (κ2) is 14.2. The molecule has 3 aromatic rings. The highest BCUT2D eigenvalue weighted by atomic mass is 19.4. The molecule has 0 atom stereocenters. The second-order valence-corrected chi connectivity index (χ2v) is 8.49.